The highest BCUT2D eigenvalue weighted by atomic mass is 32.1. The normalized spacial score (nSPS) is 11.2. The van der Waals surface area contributed by atoms with E-state index in [0.717, 1.165) is 0 Å². The van der Waals surface area contributed by atoms with Crippen LogP contribution < -0.4 is 4.57 Å². The van der Waals surface area contributed by atoms with E-state index in [1.54, 1.807) is 0 Å². The zero-order valence-electron chi connectivity index (χ0n) is 10.3. The molecule has 0 radical (unpaired) electrons. The molecule has 86 valence electrons. The summed E-state index contributed by atoms with van der Waals surface area (Å²) in [6.45, 7) is 4.38. The van der Waals surface area contributed by atoms with Gasteiger partial charge in [0.15, 0.2) is 5.69 Å². The molecule has 0 saturated heterocycles. The van der Waals surface area contributed by atoms with Crippen molar-refractivity contribution in [1.29, 1.82) is 0 Å². The van der Waals surface area contributed by atoms with Crippen LogP contribution in [0.4, 0.5) is 0 Å². The third kappa shape index (κ3) is 1.58. The first-order chi connectivity index (χ1) is 8.16. The lowest BCUT2D eigenvalue weighted by Gasteiger charge is -1.99. The Bertz CT molecular complexity index is 691. The Labute approximate surface area is 105 Å². The van der Waals surface area contributed by atoms with Crippen LogP contribution in [0.25, 0.3) is 15.8 Å². The molecular formula is C14H15N2S+. The van der Waals surface area contributed by atoms with Gasteiger partial charge >= 0.3 is 0 Å². The van der Waals surface area contributed by atoms with Gasteiger partial charge in [0.1, 0.15) is 12.4 Å². The SMILES string of the molecule is Cc1sc2cccc(C)c2c1-n1cc[n+](C)c1. The topological polar surface area (TPSA) is 8.81 Å². The fraction of sp³-hybridized carbons (Fsp3) is 0.214. The summed E-state index contributed by atoms with van der Waals surface area (Å²) in [6.07, 6.45) is 6.29. The lowest BCUT2D eigenvalue weighted by Crippen LogP contribution is -2.23. The van der Waals surface area contributed by atoms with E-state index in [4.69, 9.17) is 0 Å². The lowest BCUT2D eigenvalue weighted by atomic mass is 10.1. The highest BCUT2D eigenvalue weighted by molar-refractivity contribution is 7.19. The first kappa shape index (κ1) is 10.5. The molecule has 0 N–H and O–H groups in total. The Hall–Kier alpha value is -1.61. The van der Waals surface area contributed by atoms with Gasteiger partial charge in [0.05, 0.1) is 7.05 Å². The fourth-order valence-corrected chi connectivity index (χ4v) is 3.45. The highest BCUT2D eigenvalue weighted by Gasteiger charge is 2.16. The van der Waals surface area contributed by atoms with E-state index in [9.17, 15) is 0 Å². The predicted molar refractivity (Wildman–Crippen MR) is 71.8 cm³/mol. The van der Waals surface area contributed by atoms with Crippen LogP contribution in [0.1, 0.15) is 10.4 Å². The largest absolute Gasteiger partial charge is 0.248 e. The van der Waals surface area contributed by atoms with E-state index < -0.39 is 0 Å². The molecule has 0 bridgehead atoms. The number of fused-ring (bicyclic) bond motifs is 1. The molecule has 0 atom stereocenters. The number of rotatable bonds is 1. The summed E-state index contributed by atoms with van der Waals surface area (Å²) < 4.78 is 5.65. The number of hydrogen-bond acceptors (Lipinski definition) is 1. The van der Waals surface area contributed by atoms with Crippen molar-refractivity contribution in [2.45, 2.75) is 13.8 Å². The van der Waals surface area contributed by atoms with Crippen LogP contribution in [0.2, 0.25) is 0 Å². The van der Waals surface area contributed by atoms with E-state index >= 15 is 0 Å². The molecule has 3 rings (SSSR count). The predicted octanol–water partition coefficient (Wildman–Crippen LogP) is 3.13. The van der Waals surface area contributed by atoms with Gasteiger partial charge in [0.2, 0.25) is 6.33 Å². The van der Waals surface area contributed by atoms with Crippen LogP contribution in [-0.2, 0) is 7.05 Å². The summed E-state index contributed by atoms with van der Waals surface area (Å²) in [7, 11) is 2.05. The number of hydrogen-bond donors (Lipinski definition) is 0. The molecule has 2 nitrogen and oxygen atoms in total. The maximum Gasteiger partial charge on any atom is 0.248 e. The second-order valence-corrected chi connectivity index (χ2v) is 5.70. The third-order valence-electron chi connectivity index (χ3n) is 3.10. The van der Waals surface area contributed by atoms with Crippen molar-refractivity contribution in [2.75, 3.05) is 0 Å². The number of thiophene rings is 1. The van der Waals surface area contributed by atoms with Crippen molar-refractivity contribution in [3.63, 3.8) is 0 Å². The second kappa shape index (κ2) is 3.70. The van der Waals surface area contributed by atoms with Gasteiger partial charge in [-0.3, -0.25) is 0 Å². The molecule has 3 heteroatoms. The highest BCUT2D eigenvalue weighted by Crippen LogP contribution is 2.35. The molecule has 0 aliphatic carbocycles. The molecule has 3 aromatic rings. The lowest BCUT2D eigenvalue weighted by molar-refractivity contribution is -0.670. The minimum atomic E-state index is 1.32. The summed E-state index contributed by atoms with van der Waals surface area (Å²) in [5, 5.41) is 1.38. The molecular weight excluding hydrogens is 228 g/mol. The Balaban J connectivity index is 2.39. The number of aromatic nitrogens is 2. The summed E-state index contributed by atoms with van der Waals surface area (Å²) >= 11 is 1.87. The standard InChI is InChI=1S/C14H15N2S/c1-10-5-4-6-12-13(10)14(11(2)17-12)16-8-7-15(3)9-16/h4-9H,1-3H3/q+1. The van der Waals surface area contributed by atoms with Gasteiger partial charge in [-0.05, 0) is 25.5 Å². The molecule has 1 aromatic carbocycles. The molecule has 0 aliphatic heterocycles. The number of benzene rings is 1. The summed E-state index contributed by atoms with van der Waals surface area (Å²) in [5.74, 6) is 0. The van der Waals surface area contributed by atoms with E-state index in [0.29, 0.717) is 0 Å². The van der Waals surface area contributed by atoms with Gasteiger partial charge in [-0.2, -0.15) is 0 Å². The number of imidazole rings is 1. The summed E-state index contributed by atoms with van der Waals surface area (Å²) in [4.78, 5) is 1.37. The van der Waals surface area contributed by atoms with Crippen LogP contribution in [0.3, 0.4) is 0 Å². The van der Waals surface area contributed by atoms with Gasteiger partial charge in [-0.1, -0.05) is 12.1 Å². The monoisotopic (exact) mass is 243 g/mol. The average molecular weight is 243 g/mol. The van der Waals surface area contributed by atoms with Crippen LogP contribution in [-0.4, -0.2) is 4.57 Å². The molecule has 0 amide bonds. The number of aryl methyl sites for hydroxylation is 3. The van der Waals surface area contributed by atoms with Crippen LogP contribution in [0.5, 0.6) is 0 Å². The maximum atomic E-state index is 2.21. The summed E-state index contributed by atoms with van der Waals surface area (Å²) in [6, 6.07) is 6.52. The van der Waals surface area contributed by atoms with Crippen molar-refractivity contribution in [2.24, 2.45) is 7.05 Å². The van der Waals surface area contributed by atoms with Gasteiger partial charge in [-0.15, -0.1) is 11.3 Å². The Kier molecular flexibility index (Phi) is 2.30. The van der Waals surface area contributed by atoms with Gasteiger partial charge in [0, 0.05) is 15.0 Å². The Morgan fingerprint density at radius 2 is 2.06 bits per heavy atom. The van der Waals surface area contributed by atoms with Crippen LogP contribution >= 0.6 is 11.3 Å². The zero-order chi connectivity index (χ0) is 12.0. The van der Waals surface area contributed by atoms with E-state index in [2.05, 4.69) is 59.9 Å². The van der Waals surface area contributed by atoms with Crippen molar-refractivity contribution in [1.82, 2.24) is 4.57 Å². The maximum absolute atomic E-state index is 2.21. The number of nitrogens with zero attached hydrogens (tertiary/aromatic N) is 2. The molecule has 2 heterocycles. The van der Waals surface area contributed by atoms with Gasteiger partial charge in [-0.25, -0.2) is 9.13 Å². The first-order valence-electron chi connectivity index (χ1n) is 5.69. The minimum absolute atomic E-state index is 1.32. The van der Waals surface area contributed by atoms with E-state index in [1.807, 2.05) is 18.4 Å². The van der Waals surface area contributed by atoms with Crippen molar-refractivity contribution >= 4 is 21.4 Å². The van der Waals surface area contributed by atoms with E-state index in [1.165, 1.54) is 26.2 Å². The molecule has 0 unspecified atom stereocenters. The Morgan fingerprint density at radius 3 is 2.76 bits per heavy atom. The smallest absolute Gasteiger partial charge is 0.239 e. The van der Waals surface area contributed by atoms with Gasteiger partial charge < -0.3 is 0 Å². The van der Waals surface area contributed by atoms with Crippen molar-refractivity contribution in [3.8, 4) is 5.69 Å². The molecule has 0 aliphatic rings. The van der Waals surface area contributed by atoms with Crippen LogP contribution in [0.15, 0.2) is 36.9 Å². The minimum Gasteiger partial charge on any atom is -0.239 e. The Morgan fingerprint density at radius 1 is 1.24 bits per heavy atom. The average Bonchev–Trinajstić information content (AvgIpc) is 2.82. The zero-order valence-corrected chi connectivity index (χ0v) is 11.1. The second-order valence-electron chi connectivity index (χ2n) is 4.44. The molecule has 0 saturated carbocycles. The first-order valence-corrected chi connectivity index (χ1v) is 6.51. The third-order valence-corrected chi connectivity index (χ3v) is 4.15. The van der Waals surface area contributed by atoms with Crippen LogP contribution in [0, 0.1) is 13.8 Å². The molecule has 2 aromatic heterocycles. The van der Waals surface area contributed by atoms with Crippen molar-refractivity contribution in [3.05, 3.63) is 47.4 Å². The van der Waals surface area contributed by atoms with Gasteiger partial charge in [0.25, 0.3) is 0 Å². The summed E-state index contributed by atoms with van der Waals surface area (Å²) in [5.41, 5.74) is 2.67. The molecule has 0 spiro atoms. The quantitative estimate of drug-likeness (QED) is 0.581. The van der Waals surface area contributed by atoms with E-state index in [-0.39, 0.29) is 0 Å². The van der Waals surface area contributed by atoms with Crippen molar-refractivity contribution < 1.29 is 4.57 Å². The molecule has 0 fully saturated rings. The molecule has 17 heavy (non-hydrogen) atoms. The fourth-order valence-electron chi connectivity index (χ4n) is 2.31.